The summed E-state index contributed by atoms with van der Waals surface area (Å²) < 4.78 is 37.1. The van der Waals surface area contributed by atoms with Gasteiger partial charge in [0.15, 0.2) is 6.61 Å². The summed E-state index contributed by atoms with van der Waals surface area (Å²) >= 11 is 6.07. The van der Waals surface area contributed by atoms with Crippen LogP contribution in [0.25, 0.3) is 0 Å². The van der Waals surface area contributed by atoms with Crippen LogP contribution in [-0.2, 0) is 24.3 Å². The van der Waals surface area contributed by atoms with Crippen LogP contribution in [0.5, 0.6) is 0 Å². The predicted octanol–water partition coefficient (Wildman–Crippen LogP) is 2.16. The third-order valence-electron chi connectivity index (χ3n) is 4.15. The van der Waals surface area contributed by atoms with Gasteiger partial charge in [-0.1, -0.05) is 29.8 Å². The molecule has 1 aliphatic heterocycles. The number of carbonyl (C=O) groups excluding carboxylic acids is 2. The second kappa shape index (κ2) is 9.36. The van der Waals surface area contributed by atoms with Crippen molar-refractivity contribution < 1.29 is 27.5 Å². The molecule has 2 aromatic carbocycles. The zero-order chi connectivity index (χ0) is 20.9. The standard InChI is InChI=1S/C19H19ClN2O6S/c20-16-7-6-14(12-17(16)29(25,26)22-8-10-27-11-9-22)19(24)28-13-18(23)21-15-4-2-1-3-5-15/h1-7,12H,8-11,13H2,(H,21,23). The molecule has 1 amide bonds. The number of anilines is 1. The molecular weight excluding hydrogens is 420 g/mol. The Labute approximate surface area is 173 Å². The molecule has 154 valence electrons. The minimum atomic E-state index is -3.89. The van der Waals surface area contributed by atoms with Crippen LogP contribution in [0.15, 0.2) is 53.4 Å². The molecule has 0 atom stereocenters. The number of carbonyl (C=O) groups is 2. The lowest BCUT2D eigenvalue weighted by Crippen LogP contribution is -2.40. The monoisotopic (exact) mass is 438 g/mol. The lowest BCUT2D eigenvalue weighted by molar-refractivity contribution is -0.119. The first-order valence-electron chi connectivity index (χ1n) is 8.77. The number of para-hydroxylation sites is 1. The number of esters is 1. The summed E-state index contributed by atoms with van der Waals surface area (Å²) in [5.41, 5.74) is 0.549. The Kier molecular flexibility index (Phi) is 6.86. The predicted molar refractivity (Wildman–Crippen MR) is 106 cm³/mol. The smallest absolute Gasteiger partial charge is 0.338 e. The van der Waals surface area contributed by atoms with Gasteiger partial charge in [0, 0.05) is 18.8 Å². The summed E-state index contributed by atoms with van der Waals surface area (Å²) in [6, 6.07) is 12.5. The van der Waals surface area contributed by atoms with Gasteiger partial charge in [0.2, 0.25) is 10.0 Å². The van der Waals surface area contributed by atoms with Crippen molar-refractivity contribution in [3.8, 4) is 0 Å². The molecule has 10 heteroatoms. The van der Waals surface area contributed by atoms with Crippen LogP contribution in [-0.4, -0.2) is 57.5 Å². The Hall–Kier alpha value is -2.46. The van der Waals surface area contributed by atoms with E-state index in [4.69, 9.17) is 21.1 Å². The van der Waals surface area contributed by atoms with Crippen LogP contribution in [0.1, 0.15) is 10.4 Å². The van der Waals surface area contributed by atoms with E-state index in [1.807, 2.05) is 0 Å². The van der Waals surface area contributed by atoms with Gasteiger partial charge in [0.1, 0.15) is 4.90 Å². The van der Waals surface area contributed by atoms with Gasteiger partial charge in [-0.05, 0) is 30.3 Å². The highest BCUT2D eigenvalue weighted by Gasteiger charge is 2.29. The molecule has 1 heterocycles. The quantitative estimate of drug-likeness (QED) is 0.693. The molecule has 1 N–H and O–H groups in total. The zero-order valence-electron chi connectivity index (χ0n) is 15.3. The second-order valence-electron chi connectivity index (χ2n) is 6.15. The maximum atomic E-state index is 12.8. The number of hydrogen-bond acceptors (Lipinski definition) is 6. The average molecular weight is 439 g/mol. The molecule has 0 unspecified atom stereocenters. The van der Waals surface area contributed by atoms with E-state index in [2.05, 4.69) is 5.32 Å². The number of ether oxygens (including phenoxy) is 2. The molecule has 0 aromatic heterocycles. The largest absolute Gasteiger partial charge is 0.452 e. The van der Waals surface area contributed by atoms with Gasteiger partial charge < -0.3 is 14.8 Å². The lowest BCUT2D eigenvalue weighted by atomic mass is 10.2. The van der Waals surface area contributed by atoms with Crippen LogP contribution < -0.4 is 5.32 Å². The highest BCUT2D eigenvalue weighted by molar-refractivity contribution is 7.89. The van der Waals surface area contributed by atoms with E-state index in [-0.39, 0.29) is 41.8 Å². The summed E-state index contributed by atoms with van der Waals surface area (Å²) in [6.45, 7) is 0.464. The highest BCUT2D eigenvalue weighted by Crippen LogP contribution is 2.26. The normalized spacial score (nSPS) is 14.9. The number of sulfonamides is 1. The fourth-order valence-electron chi connectivity index (χ4n) is 2.69. The van der Waals surface area contributed by atoms with Gasteiger partial charge in [0.05, 0.1) is 23.8 Å². The molecule has 0 spiro atoms. The number of nitrogens with one attached hydrogen (secondary N) is 1. The van der Waals surface area contributed by atoms with Crippen molar-refractivity contribution >= 4 is 39.2 Å². The summed E-state index contributed by atoms with van der Waals surface area (Å²) in [4.78, 5) is 24.0. The zero-order valence-corrected chi connectivity index (χ0v) is 16.9. The van der Waals surface area contributed by atoms with E-state index in [0.29, 0.717) is 5.69 Å². The molecule has 0 aliphatic carbocycles. The van der Waals surface area contributed by atoms with Crippen LogP contribution in [0.2, 0.25) is 5.02 Å². The molecule has 1 aliphatic rings. The number of morpholine rings is 1. The number of hydrogen-bond donors (Lipinski definition) is 1. The van der Waals surface area contributed by atoms with Crippen molar-refractivity contribution in [1.82, 2.24) is 4.31 Å². The maximum absolute atomic E-state index is 12.8. The van der Waals surface area contributed by atoms with Crippen molar-refractivity contribution in [3.05, 3.63) is 59.1 Å². The van der Waals surface area contributed by atoms with Crippen molar-refractivity contribution in [2.45, 2.75) is 4.90 Å². The van der Waals surface area contributed by atoms with E-state index < -0.39 is 28.5 Å². The minimum absolute atomic E-state index is 0.00476. The second-order valence-corrected chi connectivity index (χ2v) is 8.47. The molecule has 0 bridgehead atoms. The number of amides is 1. The first-order chi connectivity index (χ1) is 13.9. The maximum Gasteiger partial charge on any atom is 0.338 e. The fourth-order valence-corrected chi connectivity index (χ4v) is 4.60. The minimum Gasteiger partial charge on any atom is -0.452 e. The Morgan fingerprint density at radius 1 is 1.10 bits per heavy atom. The summed E-state index contributed by atoms with van der Waals surface area (Å²) in [5, 5.41) is 2.58. The third kappa shape index (κ3) is 5.33. The van der Waals surface area contributed by atoms with E-state index >= 15 is 0 Å². The molecule has 3 rings (SSSR count). The van der Waals surface area contributed by atoms with Crippen LogP contribution in [0.3, 0.4) is 0 Å². The first-order valence-corrected chi connectivity index (χ1v) is 10.6. The van der Waals surface area contributed by atoms with Crippen molar-refractivity contribution in [2.24, 2.45) is 0 Å². The molecule has 29 heavy (non-hydrogen) atoms. The Bertz CT molecular complexity index is 991. The molecule has 1 fully saturated rings. The molecule has 1 saturated heterocycles. The van der Waals surface area contributed by atoms with Crippen molar-refractivity contribution in [1.29, 1.82) is 0 Å². The van der Waals surface area contributed by atoms with Crippen molar-refractivity contribution in [2.75, 3.05) is 38.2 Å². The number of nitrogens with zero attached hydrogens (tertiary/aromatic N) is 1. The van der Waals surface area contributed by atoms with Gasteiger partial charge in [-0.3, -0.25) is 4.79 Å². The fraction of sp³-hybridized carbons (Fsp3) is 0.263. The Morgan fingerprint density at radius 2 is 1.79 bits per heavy atom. The number of rotatable bonds is 6. The van der Waals surface area contributed by atoms with E-state index in [9.17, 15) is 18.0 Å². The van der Waals surface area contributed by atoms with Crippen LogP contribution in [0, 0.1) is 0 Å². The van der Waals surface area contributed by atoms with Gasteiger partial charge >= 0.3 is 5.97 Å². The van der Waals surface area contributed by atoms with E-state index in [0.717, 1.165) is 6.07 Å². The summed E-state index contributed by atoms with van der Waals surface area (Å²) in [5.74, 6) is -1.34. The molecule has 0 radical (unpaired) electrons. The summed E-state index contributed by atoms with van der Waals surface area (Å²) in [6.07, 6.45) is 0. The topological polar surface area (TPSA) is 102 Å². The number of benzene rings is 2. The molecule has 0 saturated carbocycles. The Morgan fingerprint density at radius 3 is 2.48 bits per heavy atom. The molecular formula is C19H19ClN2O6S. The van der Waals surface area contributed by atoms with Gasteiger partial charge in [0.25, 0.3) is 5.91 Å². The van der Waals surface area contributed by atoms with E-state index in [1.54, 1.807) is 30.3 Å². The third-order valence-corrected chi connectivity index (χ3v) is 6.53. The molecule has 8 nitrogen and oxygen atoms in total. The van der Waals surface area contributed by atoms with Crippen molar-refractivity contribution in [3.63, 3.8) is 0 Å². The summed E-state index contributed by atoms with van der Waals surface area (Å²) in [7, 11) is -3.89. The molecule has 2 aromatic rings. The average Bonchev–Trinajstić information content (AvgIpc) is 2.73. The lowest BCUT2D eigenvalue weighted by Gasteiger charge is -2.26. The van der Waals surface area contributed by atoms with Crippen LogP contribution in [0.4, 0.5) is 5.69 Å². The first kappa shape index (κ1) is 21.3. The van der Waals surface area contributed by atoms with E-state index in [1.165, 1.54) is 16.4 Å². The van der Waals surface area contributed by atoms with Gasteiger partial charge in [-0.15, -0.1) is 0 Å². The number of halogens is 1. The SMILES string of the molecule is O=C(COC(=O)c1ccc(Cl)c(S(=O)(=O)N2CCOCC2)c1)Nc1ccccc1. The van der Waals surface area contributed by atoms with Crippen LogP contribution >= 0.6 is 11.6 Å². The van der Waals surface area contributed by atoms with Gasteiger partial charge in [-0.25, -0.2) is 13.2 Å². The van der Waals surface area contributed by atoms with Gasteiger partial charge in [-0.2, -0.15) is 4.31 Å². The highest BCUT2D eigenvalue weighted by atomic mass is 35.5. The Balaban J connectivity index is 1.68.